The van der Waals surface area contributed by atoms with E-state index >= 15 is 0 Å². The molecule has 0 spiro atoms. The smallest absolute Gasteiger partial charge is 0.308 e. The van der Waals surface area contributed by atoms with E-state index in [0.717, 1.165) is 5.56 Å². The van der Waals surface area contributed by atoms with Crippen LogP contribution in [0.25, 0.3) is 0 Å². The van der Waals surface area contributed by atoms with Gasteiger partial charge in [-0.25, -0.2) is 0 Å². The number of hydrogen-bond donors (Lipinski definition) is 1. The van der Waals surface area contributed by atoms with Crippen molar-refractivity contribution in [2.75, 3.05) is 5.32 Å². The maximum absolute atomic E-state index is 12.2. The topological polar surface area (TPSA) is 108 Å². The van der Waals surface area contributed by atoms with Crippen LogP contribution in [0, 0.1) is 30.9 Å². The molecule has 9 heteroatoms. The van der Waals surface area contributed by atoms with Gasteiger partial charge in [-0.05, 0) is 26.3 Å². The van der Waals surface area contributed by atoms with Gasteiger partial charge in [-0.3, -0.25) is 24.3 Å². The zero-order valence-electron chi connectivity index (χ0n) is 15.3. The molecule has 3 aromatic rings. The number of rotatable bonds is 6. The van der Waals surface area contributed by atoms with Crippen LogP contribution in [-0.2, 0) is 17.9 Å². The summed E-state index contributed by atoms with van der Waals surface area (Å²) in [6.07, 6.45) is 1.78. The minimum absolute atomic E-state index is 0.0647. The van der Waals surface area contributed by atoms with Gasteiger partial charge >= 0.3 is 5.69 Å². The minimum Gasteiger partial charge on any atom is -0.308 e. The van der Waals surface area contributed by atoms with Crippen LogP contribution in [0.15, 0.2) is 36.5 Å². The maximum Gasteiger partial charge on any atom is 0.312 e. The number of carbonyl (C=O) groups is 1. The first-order chi connectivity index (χ1) is 12.8. The largest absolute Gasteiger partial charge is 0.312 e. The molecule has 0 saturated heterocycles. The van der Waals surface area contributed by atoms with Crippen LogP contribution in [0.2, 0.25) is 0 Å². The highest BCUT2D eigenvalue weighted by molar-refractivity contribution is 5.89. The lowest BCUT2D eigenvalue weighted by atomic mass is 10.1. The standard InChI is InChI=1S/C18H20N6O3/c1-12-4-6-15(7-5-12)10-22-9-8-16(21-22)19-17(25)11-23-14(3)18(24(26)27)13(2)20-23/h4-9H,10-11H2,1-3H3,(H,19,21,25). The Bertz CT molecular complexity index is 987. The molecule has 3 rings (SSSR count). The fourth-order valence-corrected chi connectivity index (χ4v) is 2.82. The summed E-state index contributed by atoms with van der Waals surface area (Å²) in [5.41, 5.74) is 2.86. The zero-order valence-corrected chi connectivity index (χ0v) is 15.3. The van der Waals surface area contributed by atoms with Gasteiger partial charge in [-0.1, -0.05) is 29.8 Å². The Morgan fingerprint density at radius 3 is 2.48 bits per heavy atom. The van der Waals surface area contributed by atoms with Gasteiger partial charge in [0.05, 0.1) is 11.5 Å². The molecule has 0 aliphatic carbocycles. The Labute approximate surface area is 155 Å². The van der Waals surface area contributed by atoms with Gasteiger partial charge in [-0.15, -0.1) is 0 Å². The lowest BCUT2D eigenvalue weighted by Crippen LogP contribution is -2.20. The molecule has 0 unspecified atom stereocenters. The number of aryl methyl sites for hydroxylation is 2. The van der Waals surface area contributed by atoms with Crippen molar-refractivity contribution in [3.63, 3.8) is 0 Å². The van der Waals surface area contributed by atoms with Crippen molar-refractivity contribution >= 4 is 17.4 Å². The Morgan fingerprint density at radius 2 is 1.85 bits per heavy atom. The number of hydrogen-bond acceptors (Lipinski definition) is 5. The molecule has 2 aromatic heterocycles. The summed E-state index contributed by atoms with van der Waals surface area (Å²) in [4.78, 5) is 22.8. The summed E-state index contributed by atoms with van der Waals surface area (Å²) in [6, 6.07) is 9.84. The number of amides is 1. The molecule has 27 heavy (non-hydrogen) atoms. The number of nitrogens with zero attached hydrogens (tertiary/aromatic N) is 5. The predicted octanol–water partition coefficient (Wildman–Crippen LogP) is 2.60. The van der Waals surface area contributed by atoms with Crippen LogP contribution in [0.5, 0.6) is 0 Å². The Morgan fingerprint density at radius 1 is 1.15 bits per heavy atom. The molecular formula is C18H20N6O3. The number of benzene rings is 1. The molecule has 1 N–H and O–H groups in total. The summed E-state index contributed by atoms with van der Waals surface area (Å²) in [5, 5.41) is 22.1. The van der Waals surface area contributed by atoms with E-state index in [9.17, 15) is 14.9 Å². The first-order valence-electron chi connectivity index (χ1n) is 8.40. The summed E-state index contributed by atoms with van der Waals surface area (Å²) in [5.74, 6) is 0.0687. The van der Waals surface area contributed by atoms with Crippen LogP contribution in [0.4, 0.5) is 11.5 Å². The number of aromatic nitrogens is 4. The monoisotopic (exact) mass is 368 g/mol. The summed E-state index contributed by atoms with van der Waals surface area (Å²) >= 11 is 0. The first-order valence-corrected chi connectivity index (χ1v) is 8.40. The Kier molecular flexibility index (Phi) is 5.02. The van der Waals surface area contributed by atoms with Gasteiger partial charge in [-0.2, -0.15) is 10.2 Å². The fourth-order valence-electron chi connectivity index (χ4n) is 2.82. The second-order valence-electron chi connectivity index (χ2n) is 6.37. The first kappa shape index (κ1) is 18.3. The molecule has 1 amide bonds. The third-order valence-electron chi connectivity index (χ3n) is 4.19. The molecule has 140 valence electrons. The molecule has 0 bridgehead atoms. The highest BCUT2D eigenvalue weighted by Crippen LogP contribution is 2.21. The minimum atomic E-state index is -0.487. The number of nitrogens with one attached hydrogen (secondary N) is 1. The van der Waals surface area contributed by atoms with Crippen molar-refractivity contribution in [3.8, 4) is 0 Å². The Balaban J connectivity index is 1.63. The SMILES string of the molecule is Cc1ccc(Cn2ccc(NC(=O)Cn3nc(C)c([N+](=O)[O-])c3C)n2)cc1. The van der Waals surface area contributed by atoms with Gasteiger partial charge in [0.15, 0.2) is 5.82 Å². The van der Waals surface area contributed by atoms with Crippen LogP contribution in [0.3, 0.4) is 0 Å². The highest BCUT2D eigenvalue weighted by atomic mass is 16.6. The average molecular weight is 368 g/mol. The van der Waals surface area contributed by atoms with Crippen LogP contribution >= 0.6 is 0 Å². The van der Waals surface area contributed by atoms with Crippen molar-refractivity contribution in [3.05, 3.63) is 69.2 Å². The van der Waals surface area contributed by atoms with Gasteiger partial charge in [0.25, 0.3) is 0 Å². The number of nitro groups is 1. The van der Waals surface area contributed by atoms with E-state index in [-0.39, 0.29) is 23.8 Å². The molecule has 0 radical (unpaired) electrons. The molecule has 0 saturated carbocycles. The van der Waals surface area contributed by atoms with Crippen molar-refractivity contribution in [1.29, 1.82) is 0 Å². The molecule has 2 heterocycles. The van der Waals surface area contributed by atoms with E-state index in [2.05, 4.69) is 15.5 Å². The van der Waals surface area contributed by atoms with Gasteiger partial charge in [0, 0.05) is 12.3 Å². The van der Waals surface area contributed by atoms with Crippen LogP contribution in [0.1, 0.15) is 22.5 Å². The second kappa shape index (κ2) is 7.40. The average Bonchev–Trinajstić information content (AvgIpc) is 3.13. The van der Waals surface area contributed by atoms with Crippen molar-refractivity contribution in [1.82, 2.24) is 19.6 Å². The van der Waals surface area contributed by atoms with Crippen molar-refractivity contribution in [2.24, 2.45) is 0 Å². The van der Waals surface area contributed by atoms with E-state index in [1.54, 1.807) is 30.8 Å². The van der Waals surface area contributed by atoms with Crippen molar-refractivity contribution < 1.29 is 9.72 Å². The van der Waals surface area contributed by atoms with Crippen LogP contribution < -0.4 is 5.32 Å². The van der Waals surface area contributed by atoms with E-state index in [1.165, 1.54) is 10.2 Å². The molecule has 0 atom stereocenters. The zero-order chi connectivity index (χ0) is 19.6. The van der Waals surface area contributed by atoms with Crippen molar-refractivity contribution in [2.45, 2.75) is 33.9 Å². The maximum atomic E-state index is 12.2. The summed E-state index contributed by atoms with van der Waals surface area (Å²) in [7, 11) is 0. The third kappa shape index (κ3) is 4.20. The molecule has 0 aliphatic rings. The van der Waals surface area contributed by atoms with Gasteiger partial charge in [0.2, 0.25) is 5.91 Å². The van der Waals surface area contributed by atoms with E-state index in [4.69, 9.17) is 0 Å². The number of anilines is 1. The lowest BCUT2D eigenvalue weighted by Gasteiger charge is -2.05. The third-order valence-corrected chi connectivity index (χ3v) is 4.19. The lowest BCUT2D eigenvalue weighted by molar-refractivity contribution is -0.386. The molecule has 0 fully saturated rings. The fraction of sp³-hybridized carbons (Fsp3) is 0.278. The second-order valence-corrected chi connectivity index (χ2v) is 6.37. The quantitative estimate of drug-likeness (QED) is 0.531. The molecule has 0 aliphatic heterocycles. The predicted molar refractivity (Wildman–Crippen MR) is 99.5 cm³/mol. The Hall–Kier alpha value is -3.49. The van der Waals surface area contributed by atoms with E-state index in [0.29, 0.717) is 18.1 Å². The molecular weight excluding hydrogens is 348 g/mol. The van der Waals surface area contributed by atoms with Gasteiger partial charge in [0.1, 0.15) is 17.9 Å². The summed E-state index contributed by atoms with van der Waals surface area (Å²) < 4.78 is 3.06. The van der Waals surface area contributed by atoms with Gasteiger partial charge < -0.3 is 5.32 Å². The van der Waals surface area contributed by atoms with Crippen LogP contribution in [-0.4, -0.2) is 30.4 Å². The highest BCUT2D eigenvalue weighted by Gasteiger charge is 2.22. The normalized spacial score (nSPS) is 10.8. The number of carbonyl (C=O) groups excluding carboxylic acids is 1. The summed E-state index contributed by atoms with van der Waals surface area (Å²) in [6.45, 7) is 5.63. The molecule has 1 aromatic carbocycles. The van der Waals surface area contributed by atoms with E-state index < -0.39 is 4.92 Å². The molecule has 9 nitrogen and oxygen atoms in total. The van der Waals surface area contributed by atoms with E-state index in [1.807, 2.05) is 31.2 Å².